The first-order valence-corrected chi connectivity index (χ1v) is 14.8. The van der Waals surface area contributed by atoms with Gasteiger partial charge in [-0.15, -0.1) is 11.3 Å². The van der Waals surface area contributed by atoms with Crippen LogP contribution in [-0.2, 0) is 16.6 Å². The van der Waals surface area contributed by atoms with Crippen molar-refractivity contribution in [2.75, 3.05) is 26.2 Å². The van der Waals surface area contributed by atoms with Crippen LogP contribution >= 0.6 is 38.9 Å². The Morgan fingerprint density at radius 1 is 1.06 bits per heavy atom. The van der Waals surface area contributed by atoms with Gasteiger partial charge in [0.25, 0.3) is 5.91 Å². The number of hydrogen-bond acceptors (Lipinski definition) is 5. The summed E-state index contributed by atoms with van der Waals surface area (Å²) in [6.07, 6.45) is 0. The van der Waals surface area contributed by atoms with E-state index < -0.39 is 10.0 Å². The number of aromatic nitrogens is 2. The van der Waals surface area contributed by atoms with Crippen molar-refractivity contribution >= 4 is 65.0 Å². The van der Waals surface area contributed by atoms with Crippen molar-refractivity contribution in [2.24, 2.45) is 0 Å². The highest BCUT2D eigenvalue weighted by molar-refractivity contribution is 9.10. The van der Waals surface area contributed by atoms with Crippen molar-refractivity contribution in [2.45, 2.75) is 25.3 Å². The van der Waals surface area contributed by atoms with Crippen molar-refractivity contribution in [3.8, 4) is 0 Å². The molecule has 0 unspecified atom stereocenters. The molecule has 2 aromatic heterocycles. The summed E-state index contributed by atoms with van der Waals surface area (Å²) in [6.45, 7) is 5.70. The largest absolute Gasteiger partial charge is 0.335 e. The first-order valence-electron chi connectivity index (χ1n) is 11.4. The summed E-state index contributed by atoms with van der Waals surface area (Å²) in [6, 6.07) is 15.0. The Balaban J connectivity index is 1.31. The normalized spacial score (nSPS) is 15.1. The molecule has 36 heavy (non-hydrogen) atoms. The fourth-order valence-corrected chi connectivity index (χ4v) is 7.86. The van der Waals surface area contributed by atoms with Crippen LogP contribution in [0.15, 0.2) is 57.9 Å². The summed E-state index contributed by atoms with van der Waals surface area (Å²) in [5.41, 5.74) is 3.24. The van der Waals surface area contributed by atoms with Crippen LogP contribution in [0.5, 0.6) is 0 Å². The van der Waals surface area contributed by atoms with Gasteiger partial charge in [0, 0.05) is 36.0 Å². The molecule has 0 atom stereocenters. The van der Waals surface area contributed by atoms with E-state index in [1.54, 1.807) is 17.0 Å². The molecular weight excluding hydrogens is 584 g/mol. The molecule has 0 radical (unpaired) electrons. The highest BCUT2D eigenvalue weighted by Crippen LogP contribution is 2.31. The van der Waals surface area contributed by atoms with E-state index in [0.29, 0.717) is 29.0 Å². The second kappa shape index (κ2) is 9.90. The summed E-state index contributed by atoms with van der Waals surface area (Å²) in [4.78, 5) is 16.7. The number of piperazine rings is 1. The summed E-state index contributed by atoms with van der Waals surface area (Å²) in [5.74, 6) is -0.0868. The third-order valence-electron chi connectivity index (χ3n) is 6.31. The zero-order valence-corrected chi connectivity index (χ0v) is 23.7. The molecule has 11 heteroatoms. The minimum atomic E-state index is -3.74. The van der Waals surface area contributed by atoms with Gasteiger partial charge in [0.05, 0.1) is 22.1 Å². The van der Waals surface area contributed by atoms with Gasteiger partial charge >= 0.3 is 0 Å². The third-order valence-corrected chi connectivity index (χ3v) is 10.3. The van der Waals surface area contributed by atoms with Gasteiger partial charge < -0.3 is 4.90 Å². The lowest BCUT2D eigenvalue weighted by atomic mass is 10.1. The maximum Gasteiger partial charge on any atom is 0.264 e. The zero-order chi connectivity index (χ0) is 25.6. The molecule has 1 saturated heterocycles. The maximum atomic E-state index is 13.3. The van der Waals surface area contributed by atoms with Crippen molar-refractivity contribution < 1.29 is 13.2 Å². The van der Waals surface area contributed by atoms with E-state index >= 15 is 0 Å². The van der Waals surface area contributed by atoms with Crippen LogP contribution in [0.2, 0.25) is 5.02 Å². The van der Waals surface area contributed by atoms with Gasteiger partial charge in [-0.25, -0.2) is 8.42 Å². The van der Waals surface area contributed by atoms with Gasteiger partial charge in [0.2, 0.25) is 10.0 Å². The lowest BCUT2D eigenvalue weighted by Gasteiger charge is -2.34. The van der Waals surface area contributed by atoms with Crippen LogP contribution < -0.4 is 0 Å². The van der Waals surface area contributed by atoms with Crippen LogP contribution in [-0.4, -0.2) is 59.5 Å². The quantitative estimate of drug-likeness (QED) is 0.308. The summed E-state index contributed by atoms with van der Waals surface area (Å²) < 4.78 is 30.3. The van der Waals surface area contributed by atoms with Gasteiger partial charge in [-0.3, -0.25) is 9.48 Å². The molecule has 1 aliphatic heterocycles. The first kappa shape index (κ1) is 25.4. The molecule has 5 rings (SSSR count). The molecule has 0 bridgehead atoms. The number of rotatable bonds is 5. The van der Waals surface area contributed by atoms with Crippen molar-refractivity contribution in [3.05, 3.63) is 79.7 Å². The molecule has 188 valence electrons. The highest BCUT2D eigenvalue weighted by atomic mass is 79.9. The number of carbonyl (C=O) groups excluding carboxylic acids is 1. The van der Waals surface area contributed by atoms with Gasteiger partial charge in [-0.1, -0.05) is 57.4 Å². The number of sulfonamides is 1. The topological polar surface area (TPSA) is 75.5 Å². The lowest BCUT2D eigenvalue weighted by Crippen LogP contribution is -2.50. The van der Waals surface area contributed by atoms with Gasteiger partial charge in [0.15, 0.2) is 0 Å². The Morgan fingerprint density at radius 3 is 2.42 bits per heavy atom. The Bertz CT molecular complexity index is 1560. The number of benzene rings is 2. The lowest BCUT2D eigenvalue weighted by molar-refractivity contribution is 0.0703. The van der Waals surface area contributed by atoms with Crippen LogP contribution in [0.1, 0.15) is 26.5 Å². The number of amides is 1. The zero-order valence-electron chi connectivity index (χ0n) is 19.7. The molecular formula is C25H24BrClN4O3S2. The fourth-order valence-electron chi connectivity index (χ4n) is 4.30. The molecule has 1 amide bonds. The van der Waals surface area contributed by atoms with E-state index in [1.807, 2.05) is 17.7 Å². The highest BCUT2D eigenvalue weighted by Gasteiger charge is 2.32. The average Bonchev–Trinajstić information content (AvgIpc) is 3.41. The van der Waals surface area contributed by atoms with Crippen LogP contribution in [0.4, 0.5) is 0 Å². The number of thiophene rings is 1. The minimum absolute atomic E-state index is 0.0743. The van der Waals surface area contributed by atoms with Gasteiger partial charge in [-0.05, 0) is 43.7 Å². The number of aryl methyl sites for hydroxylation is 2. The molecule has 0 saturated carbocycles. The number of carbonyl (C=O) groups is 1. The third kappa shape index (κ3) is 4.84. The van der Waals surface area contributed by atoms with E-state index in [2.05, 4.69) is 52.2 Å². The predicted molar refractivity (Wildman–Crippen MR) is 146 cm³/mol. The van der Waals surface area contributed by atoms with Crippen molar-refractivity contribution in [1.82, 2.24) is 19.0 Å². The SMILES string of the molecule is Cc1ccc(Cn2nc(C)c3cc(C(=O)N4CCN(S(=O)(=O)c5ccc(Br)cc5Cl)CC4)sc32)cc1. The second-order valence-corrected chi connectivity index (χ2v) is 13.1. The van der Waals surface area contributed by atoms with E-state index in [1.165, 1.54) is 27.3 Å². The summed E-state index contributed by atoms with van der Waals surface area (Å²) >= 11 is 10.9. The fraction of sp³-hybridized carbons (Fsp3) is 0.280. The summed E-state index contributed by atoms with van der Waals surface area (Å²) in [7, 11) is -3.74. The molecule has 0 N–H and O–H groups in total. The predicted octanol–water partition coefficient (Wildman–Crippen LogP) is 5.33. The maximum absolute atomic E-state index is 13.3. The first-order chi connectivity index (χ1) is 17.1. The smallest absolute Gasteiger partial charge is 0.264 e. The number of nitrogens with zero attached hydrogens (tertiary/aromatic N) is 4. The van der Waals surface area contributed by atoms with Gasteiger partial charge in [0.1, 0.15) is 9.73 Å². The molecule has 2 aromatic carbocycles. The van der Waals surface area contributed by atoms with Gasteiger partial charge in [-0.2, -0.15) is 9.40 Å². The van der Waals surface area contributed by atoms with E-state index in [-0.39, 0.29) is 28.9 Å². The minimum Gasteiger partial charge on any atom is -0.335 e. The number of fused-ring (bicyclic) bond motifs is 1. The van der Waals surface area contributed by atoms with Crippen LogP contribution in [0.3, 0.4) is 0 Å². The Labute approximate surface area is 227 Å². The molecule has 1 aliphatic rings. The number of hydrogen-bond donors (Lipinski definition) is 0. The van der Waals surface area contributed by atoms with Crippen molar-refractivity contribution in [3.63, 3.8) is 0 Å². The Morgan fingerprint density at radius 2 is 1.75 bits per heavy atom. The Hall–Kier alpha value is -2.24. The molecule has 1 fully saturated rings. The molecule has 4 aromatic rings. The van der Waals surface area contributed by atoms with Crippen LogP contribution in [0, 0.1) is 13.8 Å². The Kier molecular flexibility index (Phi) is 6.99. The summed E-state index contributed by atoms with van der Waals surface area (Å²) in [5, 5.41) is 5.82. The van der Waals surface area contributed by atoms with E-state index in [0.717, 1.165) is 21.5 Å². The molecule has 0 spiro atoms. The number of halogens is 2. The van der Waals surface area contributed by atoms with Crippen LogP contribution in [0.25, 0.3) is 10.2 Å². The monoisotopic (exact) mass is 606 g/mol. The molecule has 3 heterocycles. The van der Waals surface area contributed by atoms with E-state index in [4.69, 9.17) is 11.6 Å². The van der Waals surface area contributed by atoms with Crippen molar-refractivity contribution in [1.29, 1.82) is 0 Å². The second-order valence-electron chi connectivity index (χ2n) is 8.83. The standard InChI is InChI=1S/C25H24BrClN4O3S2/c1-16-3-5-18(6-4-16)15-31-25-20(17(2)28-31)14-22(35-25)24(32)29-9-11-30(12-10-29)36(33,34)23-8-7-19(26)13-21(23)27/h3-8,13-14H,9-12,15H2,1-2H3. The molecule has 7 nitrogen and oxygen atoms in total. The molecule has 0 aliphatic carbocycles. The van der Waals surface area contributed by atoms with E-state index in [9.17, 15) is 13.2 Å². The average molecular weight is 608 g/mol.